The van der Waals surface area contributed by atoms with E-state index < -0.39 is 0 Å². The number of nitrogens with zero attached hydrogens (tertiary/aromatic N) is 1. The molecule has 0 aliphatic heterocycles. The summed E-state index contributed by atoms with van der Waals surface area (Å²) >= 11 is 0. The molecule has 0 saturated carbocycles. The molecule has 3 rings (SSSR count). The minimum absolute atomic E-state index is 0.264. The van der Waals surface area contributed by atoms with Crippen molar-refractivity contribution in [3.63, 3.8) is 0 Å². The molecule has 1 amide bonds. The van der Waals surface area contributed by atoms with Crippen molar-refractivity contribution in [1.29, 1.82) is 0 Å². The number of nitrogens with one attached hydrogen (secondary N) is 1. The van der Waals surface area contributed by atoms with Crippen molar-refractivity contribution in [1.82, 2.24) is 4.98 Å². The standard InChI is InChI=1S/C19H17FN2O/c1-11-4-7-17-15(8-11)16(9-13(3)21-17)19(23)22-18-10-14(20)6-5-12(18)2/h4-10H,1-3H3,(H,22,23). The van der Waals surface area contributed by atoms with Gasteiger partial charge < -0.3 is 5.32 Å². The minimum atomic E-state index is -0.377. The summed E-state index contributed by atoms with van der Waals surface area (Å²) in [5.41, 5.74) is 4.43. The summed E-state index contributed by atoms with van der Waals surface area (Å²) in [5, 5.41) is 3.59. The van der Waals surface area contributed by atoms with Gasteiger partial charge in [0.05, 0.1) is 11.1 Å². The molecule has 1 heterocycles. The summed E-state index contributed by atoms with van der Waals surface area (Å²) in [5.74, 6) is -0.641. The van der Waals surface area contributed by atoms with Crippen molar-refractivity contribution in [2.24, 2.45) is 0 Å². The average molecular weight is 308 g/mol. The molecule has 1 aromatic heterocycles. The van der Waals surface area contributed by atoms with E-state index in [2.05, 4.69) is 10.3 Å². The predicted octanol–water partition coefficient (Wildman–Crippen LogP) is 4.55. The van der Waals surface area contributed by atoms with E-state index >= 15 is 0 Å². The number of rotatable bonds is 2. The first-order valence-electron chi connectivity index (χ1n) is 7.39. The van der Waals surface area contributed by atoms with Crippen molar-refractivity contribution < 1.29 is 9.18 Å². The monoisotopic (exact) mass is 308 g/mol. The molecule has 23 heavy (non-hydrogen) atoms. The summed E-state index contributed by atoms with van der Waals surface area (Å²) < 4.78 is 13.4. The van der Waals surface area contributed by atoms with Crippen LogP contribution < -0.4 is 5.32 Å². The summed E-state index contributed by atoms with van der Waals surface area (Å²) in [7, 11) is 0. The summed E-state index contributed by atoms with van der Waals surface area (Å²) in [4.78, 5) is 17.2. The highest BCUT2D eigenvalue weighted by molar-refractivity contribution is 6.12. The van der Waals surface area contributed by atoms with Crippen LogP contribution in [0.15, 0.2) is 42.5 Å². The Hall–Kier alpha value is -2.75. The minimum Gasteiger partial charge on any atom is -0.322 e. The van der Waals surface area contributed by atoms with Crippen LogP contribution in [0.1, 0.15) is 27.2 Å². The Balaban J connectivity index is 2.07. The second kappa shape index (κ2) is 5.80. The highest BCUT2D eigenvalue weighted by Crippen LogP contribution is 2.22. The van der Waals surface area contributed by atoms with Crippen LogP contribution in [-0.4, -0.2) is 10.9 Å². The number of hydrogen-bond acceptors (Lipinski definition) is 2. The Morgan fingerprint density at radius 2 is 1.83 bits per heavy atom. The first kappa shape index (κ1) is 15.2. The van der Waals surface area contributed by atoms with Crippen LogP contribution in [0, 0.1) is 26.6 Å². The van der Waals surface area contributed by atoms with Gasteiger partial charge in [-0.2, -0.15) is 0 Å². The molecule has 0 fully saturated rings. The summed E-state index contributed by atoms with van der Waals surface area (Å²) in [6, 6.07) is 11.9. The zero-order valence-electron chi connectivity index (χ0n) is 13.3. The second-order valence-electron chi connectivity index (χ2n) is 5.75. The van der Waals surface area contributed by atoms with Crippen molar-refractivity contribution in [3.05, 3.63) is 70.7 Å². The Labute approximate surface area is 134 Å². The van der Waals surface area contributed by atoms with E-state index in [-0.39, 0.29) is 11.7 Å². The fraction of sp³-hybridized carbons (Fsp3) is 0.158. The number of anilines is 1. The van der Waals surface area contributed by atoms with Crippen LogP contribution in [-0.2, 0) is 0 Å². The second-order valence-corrected chi connectivity index (χ2v) is 5.75. The van der Waals surface area contributed by atoms with Gasteiger partial charge in [-0.05, 0) is 56.7 Å². The Kier molecular flexibility index (Phi) is 3.82. The van der Waals surface area contributed by atoms with Crippen molar-refractivity contribution in [2.75, 3.05) is 5.32 Å². The van der Waals surface area contributed by atoms with E-state index in [4.69, 9.17) is 0 Å². The lowest BCUT2D eigenvalue weighted by atomic mass is 10.0. The van der Waals surface area contributed by atoms with E-state index in [9.17, 15) is 9.18 Å². The van der Waals surface area contributed by atoms with E-state index in [0.717, 1.165) is 27.7 Å². The average Bonchev–Trinajstić information content (AvgIpc) is 2.50. The van der Waals surface area contributed by atoms with E-state index in [1.807, 2.05) is 39.0 Å². The molecule has 0 aliphatic carbocycles. The largest absolute Gasteiger partial charge is 0.322 e. The maximum absolute atomic E-state index is 13.4. The third kappa shape index (κ3) is 3.06. The van der Waals surface area contributed by atoms with Crippen molar-refractivity contribution in [2.45, 2.75) is 20.8 Å². The molecule has 4 heteroatoms. The number of fused-ring (bicyclic) bond motifs is 1. The number of halogens is 1. The summed E-state index contributed by atoms with van der Waals surface area (Å²) in [6.45, 7) is 5.65. The number of benzene rings is 2. The molecule has 2 aromatic carbocycles. The zero-order chi connectivity index (χ0) is 16.6. The Morgan fingerprint density at radius 1 is 1.04 bits per heavy atom. The summed E-state index contributed by atoms with van der Waals surface area (Å²) in [6.07, 6.45) is 0. The zero-order valence-corrected chi connectivity index (χ0v) is 13.3. The molecule has 0 radical (unpaired) electrons. The molecule has 0 aliphatic rings. The lowest BCUT2D eigenvalue weighted by molar-refractivity contribution is 0.102. The third-order valence-corrected chi connectivity index (χ3v) is 3.78. The number of pyridine rings is 1. The van der Waals surface area contributed by atoms with Crippen LogP contribution in [0.2, 0.25) is 0 Å². The molecule has 0 bridgehead atoms. The fourth-order valence-corrected chi connectivity index (χ4v) is 2.58. The van der Waals surface area contributed by atoms with Gasteiger partial charge in [-0.25, -0.2) is 4.39 Å². The fourth-order valence-electron chi connectivity index (χ4n) is 2.58. The van der Waals surface area contributed by atoms with Crippen LogP contribution in [0.3, 0.4) is 0 Å². The number of carbonyl (C=O) groups is 1. The van der Waals surface area contributed by atoms with Crippen LogP contribution in [0.25, 0.3) is 10.9 Å². The number of hydrogen-bond donors (Lipinski definition) is 1. The van der Waals surface area contributed by atoms with Gasteiger partial charge in [0, 0.05) is 16.8 Å². The first-order valence-corrected chi connectivity index (χ1v) is 7.39. The molecule has 0 atom stereocenters. The molecule has 1 N–H and O–H groups in total. The van der Waals surface area contributed by atoms with Crippen molar-refractivity contribution in [3.8, 4) is 0 Å². The quantitative estimate of drug-likeness (QED) is 0.754. The number of aromatic nitrogens is 1. The smallest absolute Gasteiger partial charge is 0.256 e. The number of amides is 1. The third-order valence-electron chi connectivity index (χ3n) is 3.78. The topological polar surface area (TPSA) is 42.0 Å². The molecule has 0 saturated heterocycles. The molecule has 0 unspecified atom stereocenters. The molecule has 116 valence electrons. The highest BCUT2D eigenvalue weighted by atomic mass is 19.1. The van der Waals surface area contributed by atoms with Gasteiger partial charge in [-0.15, -0.1) is 0 Å². The lowest BCUT2D eigenvalue weighted by Crippen LogP contribution is -2.14. The number of aryl methyl sites for hydroxylation is 3. The van der Waals surface area contributed by atoms with Gasteiger partial charge in [0.1, 0.15) is 5.82 Å². The molecular weight excluding hydrogens is 291 g/mol. The molecule has 3 aromatic rings. The number of carbonyl (C=O) groups excluding carboxylic acids is 1. The van der Waals surface area contributed by atoms with E-state index in [1.54, 1.807) is 12.1 Å². The van der Waals surface area contributed by atoms with Gasteiger partial charge in [0.15, 0.2) is 0 Å². The first-order chi connectivity index (χ1) is 10.9. The van der Waals surface area contributed by atoms with Crippen LogP contribution in [0.5, 0.6) is 0 Å². The molecular formula is C19H17FN2O. The maximum Gasteiger partial charge on any atom is 0.256 e. The van der Waals surface area contributed by atoms with Crippen LogP contribution >= 0.6 is 0 Å². The SMILES string of the molecule is Cc1ccc2nc(C)cc(C(=O)Nc3cc(F)ccc3C)c2c1. The lowest BCUT2D eigenvalue weighted by Gasteiger charge is -2.11. The highest BCUT2D eigenvalue weighted by Gasteiger charge is 2.14. The van der Waals surface area contributed by atoms with Gasteiger partial charge in [0.25, 0.3) is 5.91 Å². The molecule has 3 nitrogen and oxygen atoms in total. The predicted molar refractivity (Wildman–Crippen MR) is 90.3 cm³/mol. The van der Waals surface area contributed by atoms with Gasteiger partial charge >= 0.3 is 0 Å². The molecule has 0 spiro atoms. The van der Waals surface area contributed by atoms with Crippen LogP contribution in [0.4, 0.5) is 10.1 Å². The van der Waals surface area contributed by atoms with Gasteiger partial charge in [0.2, 0.25) is 0 Å². The van der Waals surface area contributed by atoms with Gasteiger partial charge in [-0.3, -0.25) is 9.78 Å². The van der Waals surface area contributed by atoms with E-state index in [1.165, 1.54) is 12.1 Å². The Morgan fingerprint density at radius 3 is 2.61 bits per heavy atom. The van der Waals surface area contributed by atoms with E-state index in [0.29, 0.717) is 11.3 Å². The normalized spacial score (nSPS) is 10.8. The van der Waals surface area contributed by atoms with Gasteiger partial charge in [-0.1, -0.05) is 17.7 Å². The van der Waals surface area contributed by atoms with Crippen molar-refractivity contribution >= 4 is 22.5 Å². The Bertz CT molecular complexity index is 919. The maximum atomic E-state index is 13.4.